The van der Waals surface area contributed by atoms with Crippen LogP contribution in [0.25, 0.3) is 22.3 Å². The molecule has 4 rings (SSSR count). The fraction of sp³-hybridized carbons (Fsp3) is 0.571. The third-order valence-corrected chi connectivity index (χ3v) is 8.72. The van der Waals surface area contributed by atoms with Crippen LogP contribution in [-0.4, -0.2) is 70.2 Å². The number of fused-ring (bicyclic) bond motifs is 1. The quantitative estimate of drug-likeness (QED) is 0.222. The Morgan fingerprint density at radius 2 is 2.00 bits per heavy atom. The number of nitrogens with zero attached hydrogens (tertiary/aromatic N) is 5. The first-order chi connectivity index (χ1) is 18.3. The standard InChI is InChI=1S/C28H41BrN6O3Si/c1-19-16-30-26(31-21-9-8-12-34(17-21)27(36)38-28(2,3)4)32-24(19)25-22-11-10-20(29)15-23(22)35(33-25)18-37-13-14-39(5,6)7/h10-11,15-16,21H,8-9,12-14,17-18H2,1-7H3,(H,30,31,32)/t21-/m0/s1. The Balaban J connectivity index is 1.55. The first-order valence-corrected chi connectivity index (χ1v) is 18.1. The van der Waals surface area contributed by atoms with E-state index >= 15 is 0 Å². The summed E-state index contributed by atoms with van der Waals surface area (Å²) >= 11 is 3.60. The summed E-state index contributed by atoms with van der Waals surface area (Å²) in [5.74, 6) is 0.526. The molecular formula is C28H41BrN6O3Si. The van der Waals surface area contributed by atoms with E-state index in [9.17, 15) is 4.79 Å². The molecule has 0 spiro atoms. The van der Waals surface area contributed by atoms with E-state index in [-0.39, 0.29) is 12.1 Å². The van der Waals surface area contributed by atoms with Crippen LogP contribution >= 0.6 is 15.9 Å². The maximum Gasteiger partial charge on any atom is 0.410 e. The van der Waals surface area contributed by atoms with Gasteiger partial charge in [0.15, 0.2) is 0 Å². The van der Waals surface area contributed by atoms with Crippen molar-refractivity contribution < 1.29 is 14.3 Å². The Labute approximate surface area is 240 Å². The Bertz CT molecular complexity index is 1320. The topological polar surface area (TPSA) is 94.4 Å². The average Bonchev–Trinajstić information content (AvgIpc) is 3.19. The van der Waals surface area contributed by atoms with Crippen LogP contribution in [0.2, 0.25) is 25.7 Å². The van der Waals surface area contributed by atoms with E-state index < -0.39 is 13.7 Å². The molecule has 2 aromatic heterocycles. The molecule has 9 nitrogen and oxygen atoms in total. The van der Waals surface area contributed by atoms with Crippen molar-refractivity contribution in [3.63, 3.8) is 0 Å². The predicted molar refractivity (Wildman–Crippen MR) is 162 cm³/mol. The van der Waals surface area contributed by atoms with Crippen LogP contribution in [0.3, 0.4) is 0 Å². The summed E-state index contributed by atoms with van der Waals surface area (Å²) in [5, 5.41) is 9.41. The number of likely N-dealkylation sites (tertiary alicyclic amines) is 1. The van der Waals surface area contributed by atoms with Crippen molar-refractivity contribution >= 4 is 46.9 Å². The zero-order valence-corrected chi connectivity index (χ0v) is 26.8. The number of carbonyl (C=O) groups excluding carboxylic acids is 1. The molecular weight excluding hydrogens is 576 g/mol. The molecule has 212 valence electrons. The second-order valence-electron chi connectivity index (χ2n) is 12.5. The molecule has 1 atom stereocenters. The molecule has 3 aromatic rings. The highest BCUT2D eigenvalue weighted by atomic mass is 79.9. The van der Waals surface area contributed by atoms with Crippen molar-refractivity contribution in [1.29, 1.82) is 0 Å². The molecule has 3 heterocycles. The van der Waals surface area contributed by atoms with Crippen LogP contribution < -0.4 is 5.32 Å². The van der Waals surface area contributed by atoms with Gasteiger partial charge in [-0.2, -0.15) is 5.10 Å². The zero-order valence-electron chi connectivity index (χ0n) is 24.2. The number of hydrogen-bond acceptors (Lipinski definition) is 7. The monoisotopic (exact) mass is 616 g/mol. The molecule has 1 aliphatic rings. The molecule has 1 amide bonds. The normalized spacial score (nSPS) is 16.5. The smallest absolute Gasteiger partial charge is 0.410 e. The highest BCUT2D eigenvalue weighted by Gasteiger charge is 2.28. The van der Waals surface area contributed by atoms with Crippen molar-refractivity contribution in [2.45, 2.75) is 84.6 Å². The molecule has 1 saturated heterocycles. The molecule has 0 aliphatic carbocycles. The summed E-state index contributed by atoms with van der Waals surface area (Å²) in [6.45, 7) is 17.0. The van der Waals surface area contributed by atoms with Crippen LogP contribution in [0.4, 0.5) is 10.7 Å². The van der Waals surface area contributed by atoms with Gasteiger partial charge in [-0.25, -0.2) is 19.4 Å². The van der Waals surface area contributed by atoms with Crippen LogP contribution in [0, 0.1) is 6.92 Å². The van der Waals surface area contributed by atoms with Crippen LogP contribution in [0.15, 0.2) is 28.9 Å². The van der Waals surface area contributed by atoms with Gasteiger partial charge in [0.1, 0.15) is 18.0 Å². The fourth-order valence-electron chi connectivity index (χ4n) is 4.47. The highest BCUT2D eigenvalue weighted by molar-refractivity contribution is 9.10. The molecule has 0 radical (unpaired) electrons. The molecule has 1 aliphatic heterocycles. The van der Waals surface area contributed by atoms with Crippen LogP contribution in [0.1, 0.15) is 39.2 Å². The minimum Gasteiger partial charge on any atom is -0.444 e. The van der Waals surface area contributed by atoms with Crippen molar-refractivity contribution in [2.24, 2.45) is 0 Å². The Morgan fingerprint density at radius 1 is 1.23 bits per heavy atom. The molecule has 1 fully saturated rings. The van der Waals surface area contributed by atoms with E-state index in [2.05, 4.69) is 58.0 Å². The third kappa shape index (κ3) is 8.01. The number of carbonyl (C=O) groups is 1. The lowest BCUT2D eigenvalue weighted by Gasteiger charge is -2.34. The van der Waals surface area contributed by atoms with Gasteiger partial charge in [-0.3, -0.25) is 0 Å². The third-order valence-electron chi connectivity index (χ3n) is 6.53. The van der Waals surface area contributed by atoms with E-state index in [0.29, 0.717) is 25.8 Å². The second-order valence-corrected chi connectivity index (χ2v) is 19.0. The summed E-state index contributed by atoms with van der Waals surface area (Å²) in [6.07, 6.45) is 3.35. The Hall–Kier alpha value is -2.50. The van der Waals surface area contributed by atoms with Crippen molar-refractivity contribution in [3.05, 3.63) is 34.4 Å². The maximum absolute atomic E-state index is 12.6. The van der Waals surface area contributed by atoms with Gasteiger partial charge in [0.2, 0.25) is 5.95 Å². The lowest BCUT2D eigenvalue weighted by molar-refractivity contribution is 0.0206. The van der Waals surface area contributed by atoms with Crippen molar-refractivity contribution in [1.82, 2.24) is 24.6 Å². The number of anilines is 1. The summed E-state index contributed by atoms with van der Waals surface area (Å²) in [4.78, 5) is 23.8. The summed E-state index contributed by atoms with van der Waals surface area (Å²) < 4.78 is 14.5. The molecule has 39 heavy (non-hydrogen) atoms. The molecule has 1 aromatic carbocycles. The van der Waals surface area contributed by atoms with Gasteiger partial charge in [0, 0.05) is 49.9 Å². The minimum absolute atomic E-state index is 0.0341. The number of rotatable bonds is 8. The largest absolute Gasteiger partial charge is 0.444 e. The Morgan fingerprint density at radius 3 is 2.72 bits per heavy atom. The van der Waals surface area contributed by atoms with Crippen LogP contribution in [-0.2, 0) is 16.2 Å². The second kappa shape index (κ2) is 11.9. The Kier molecular flexibility index (Phi) is 9.02. The number of aromatic nitrogens is 4. The van der Waals surface area contributed by atoms with Gasteiger partial charge < -0.3 is 19.7 Å². The number of aryl methyl sites for hydroxylation is 1. The lowest BCUT2D eigenvalue weighted by atomic mass is 10.1. The molecule has 0 saturated carbocycles. The lowest BCUT2D eigenvalue weighted by Crippen LogP contribution is -2.47. The number of piperidine rings is 1. The number of hydrogen-bond donors (Lipinski definition) is 1. The van der Waals surface area contributed by atoms with Gasteiger partial charge in [-0.05, 0) is 70.3 Å². The summed E-state index contributed by atoms with van der Waals surface area (Å²) in [5.41, 5.74) is 2.98. The van der Waals surface area contributed by atoms with Crippen molar-refractivity contribution in [3.8, 4) is 11.4 Å². The van der Waals surface area contributed by atoms with E-state index in [4.69, 9.17) is 19.6 Å². The highest BCUT2D eigenvalue weighted by Crippen LogP contribution is 2.31. The van der Waals surface area contributed by atoms with E-state index in [1.165, 1.54) is 0 Å². The number of amides is 1. The molecule has 0 unspecified atom stereocenters. The van der Waals surface area contributed by atoms with Gasteiger partial charge >= 0.3 is 6.09 Å². The molecule has 1 N–H and O–H groups in total. The molecule has 0 bridgehead atoms. The van der Waals surface area contributed by atoms with E-state index in [1.807, 2.05) is 44.6 Å². The SMILES string of the molecule is Cc1cnc(N[C@H]2CCCN(C(=O)OC(C)(C)C)C2)nc1-c1nn(COCC[Si](C)(C)C)c2cc(Br)ccc12. The van der Waals surface area contributed by atoms with E-state index in [0.717, 1.165) is 57.8 Å². The number of nitrogens with one attached hydrogen (secondary N) is 1. The van der Waals surface area contributed by atoms with Gasteiger partial charge in [-0.15, -0.1) is 0 Å². The van der Waals surface area contributed by atoms with E-state index in [1.54, 1.807) is 4.90 Å². The van der Waals surface area contributed by atoms with Gasteiger partial charge in [0.05, 0.1) is 11.2 Å². The predicted octanol–water partition coefficient (Wildman–Crippen LogP) is 6.69. The van der Waals surface area contributed by atoms with Gasteiger partial charge in [-0.1, -0.05) is 35.6 Å². The summed E-state index contributed by atoms with van der Waals surface area (Å²) in [6, 6.07) is 7.29. The number of ether oxygens (including phenoxy) is 2. The first-order valence-electron chi connectivity index (χ1n) is 13.6. The summed E-state index contributed by atoms with van der Waals surface area (Å²) in [7, 11) is -1.17. The number of halogens is 1. The average molecular weight is 618 g/mol. The first kappa shape index (κ1) is 29.5. The minimum atomic E-state index is -1.17. The molecule has 11 heteroatoms. The van der Waals surface area contributed by atoms with Crippen LogP contribution in [0.5, 0.6) is 0 Å². The maximum atomic E-state index is 12.6. The van der Waals surface area contributed by atoms with Gasteiger partial charge in [0.25, 0.3) is 0 Å². The fourth-order valence-corrected chi connectivity index (χ4v) is 5.58. The zero-order chi connectivity index (χ0) is 28.4. The van der Waals surface area contributed by atoms with Crippen molar-refractivity contribution in [2.75, 3.05) is 25.0 Å². The number of benzene rings is 1.